The van der Waals surface area contributed by atoms with Gasteiger partial charge in [0.05, 0.1) is 6.26 Å². The normalized spacial score (nSPS) is 31.8. The van der Waals surface area contributed by atoms with E-state index >= 15 is 0 Å². The lowest BCUT2D eigenvalue weighted by molar-refractivity contribution is -0.138. The Morgan fingerprint density at radius 2 is 2.50 bits per heavy atom. The third-order valence-electron chi connectivity index (χ3n) is 1.61. The lowest BCUT2D eigenvalue weighted by Crippen LogP contribution is -2.25. The Balaban J connectivity index is 2.35. The van der Waals surface area contributed by atoms with Crippen LogP contribution in [-0.2, 0) is 9.47 Å². The van der Waals surface area contributed by atoms with E-state index in [1.165, 1.54) is 0 Å². The molecule has 2 atom stereocenters. The molecule has 0 spiro atoms. The first-order chi connectivity index (χ1) is 4.84. The second kappa shape index (κ2) is 3.62. The molecule has 0 N–H and O–H groups in total. The monoisotopic (exact) mass is 142 g/mol. The molecule has 0 amide bonds. The summed E-state index contributed by atoms with van der Waals surface area (Å²) in [5.74, 6) is 0.491. The van der Waals surface area contributed by atoms with Crippen molar-refractivity contribution in [1.29, 1.82) is 0 Å². The molecule has 58 valence electrons. The van der Waals surface area contributed by atoms with E-state index in [9.17, 15) is 0 Å². The van der Waals surface area contributed by atoms with Crippen LogP contribution < -0.4 is 0 Å². The fourth-order valence-electron chi connectivity index (χ4n) is 1.02. The van der Waals surface area contributed by atoms with Gasteiger partial charge < -0.3 is 9.47 Å². The Morgan fingerprint density at radius 1 is 1.70 bits per heavy atom. The van der Waals surface area contributed by atoms with Crippen molar-refractivity contribution in [3.05, 3.63) is 12.3 Å². The first-order valence-electron chi connectivity index (χ1n) is 3.76. The summed E-state index contributed by atoms with van der Waals surface area (Å²) in [5, 5.41) is 0. The molecule has 1 aliphatic rings. The third-order valence-corrected chi connectivity index (χ3v) is 1.61. The van der Waals surface area contributed by atoms with Gasteiger partial charge in [-0.05, 0) is 19.4 Å². The maximum atomic E-state index is 5.32. The molecule has 0 fully saturated rings. The summed E-state index contributed by atoms with van der Waals surface area (Å²) >= 11 is 0. The molecule has 10 heavy (non-hydrogen) atoms. The van der Waals surface area contributed by atoms with Crippen LogP contribution in [0.3, 0.4) is 0 Å². The second-order valence-electron chi connectivity index (χ2n) is 2.54. The van der Waals surface area contributed by atoms with Crippen LogP contribution in [0.25, 0.3) is 0 Å². The lowest BCUT2D eigenvalue weighted by atomic mass is 10.1. The minimum absolute atomic E-state index is 0.0185. The summed E-state index contributed by atoms with van der Waals surface area (Å²) in [6, 6.07) is 0. The van der Waals surface area contributed by atoms with Gasteiger partial charge in [-0.1, -0.05) is 6.92 Å². The molecule has 0 aromatic rings. The molecule has 0 unspecified atom stereocenters. The SMILES string of the molecule is CCO[C@@H]1OC=CC[C@H]1C. The average Bonchev–Trinajstić information content (AvgIpc) is 1.94. The third kappa shape index (κ3) is 1.74. The minimum Gasteiger partial charge on any atom is -0.473 e. The summed E-state index contributed by atoms with van der Waals surface area (Å²) in [5.41, 5.74) is 0. The summed E-state index contributed by atoms with van der Waals surface area (Å²) in [6.07, 6.45) is 4.79. The Hall–Kier alpha value is -0.500. The molecular formula is C8H14O2. The summed E-state index contributed by atoms with van der Waals surface area (Å²) in [7, 11) is 0. The van der Waals surface area contributed by atoms with Crippen molar-refractivity contribution in [2.24, 2.45) is 5.92 Å². The van der Waals surface area contributed by atoms with Gasteiger partial charge in [-0.2, -0.15) is 0 Å². The fraction of sp³-hybridized carbons (Fsp3) is 0.750. The van der Waals surface area contributed by atoms with Gasteiger partial charge >= 0.3 is 0 Å². The van der Waals surface area contributed by atoms with E-state index in [0.29, 0.717) is 5.92 Å². The highest BCUT2D eigenvalue weighted by Gasteiger charge is 2.18. The van der Waals surface area contributed by atoms with Crippen LogP contribution in [-0.4, -0.2) is 12.9 Å². The standard InChI is InChI=1S/C8H14O2/c1-3-9-8-7(2)5-4-6-10-8/h4,6-8H,3,5H2,1-2H3/t7-,8-/m1/s1. The Bertz CT molecular complexity index is 120. The lowest BCUT2D eigenvalue weighted by Gasteiger charge is -2.25. The van der Waals surface area contributed by atoms with Gasteiger partial charge in [-0.3, -0.25) is 0 Å². The van der Waals surface area contributed by atoms with Crippen LogP contribution in [0, 0.1) is 5.92 Å². The van der Waals surface area contributed by atoms with Crippen molar-refractivity contribution >= 4 is 0 Å². The van der Waals surface area contributed by atoms with E-state index in [1.807, 2.05) is 13.0 Å². The molecule has 0 aromatic carbocycles. The molecule has 1 rings (SSSR count). The topological polar surface area (TPSA) is 18.5 Å². The van der Waals surface area contributed by atoms with Crippen LogP contribution in [0.15, 0.2) is 12.3 Å². The van der Waals surface area contributed by atoms with Crippen LogP contribution in [0.1, 0.15) is 20.3 Å². The van der Waals surface area contributed by atoms with Gasteiger partial charge in [0.15, 0.2) is 0 Å². The van der Waals surface area contributed by atoms with Crippen molar-refractivity contribution in [3.8, 4) is 0 Å². The van der Waals surface area contributed by atoms with Crippen molar-refractivity contribution < 1.29 is 9.47 Å². The number of hydrogen-bond donors (Lipinski definition) is 0. The number of hydrogen-bond acceptors (Lipinski definition) is 2. The number of ether oxygens (including phenoxy) is 2. The summed E-state index contributed by atoms with van der Waals surface area (Å²) in [6.45, 7) is 4.83. The molecule has 0 saturated carbocycles. The molecule has 1 aliphatic heterocycles. The van der Waals surface area contributed by atoms with E-state index in [-0.39, 0.29) is 6.29 Å². The van der Waals surface area contributed by atoms with E-state index in [1.54, 1.807) is 6.26 Å². The maximum absolute atomic E-state index is 5.32. The summed E-state index contributed by atoms with van der Waals surface area (Å²) in [4.78, 5) is 0. The predicted octanol–water partition coefficient (Wildman–Crippen LogP) is 1.92. The molecule has 0 aromatic heterocycles. The minimum atomic E-state index is -0.0185. The molecule has 1 heterocycles. The van der Waals surface area contributed by atoms with Crippen molar-refractivity contribution in [2.45, 2.75) is 26.6 Å². The molecule has 0 bridgehead atoms. The van der Waals surface area contributed by atoms with E-state index in [0.717, 1.165) is 13.0 Å². The molecule has 0 radical (unpaired) electrons. The maximum Gasteiger partial charge on any atom is 0.201 e. The molecule has 2 heteroatoms. The zero-order chi connectivity index (χ0) is 7.40. The van der Waals surface area contributed by atoms with Crippen LogP contribution in [0.2, 0.25) is 0 Å². The van der Waals surface area contributed by atoms with Crippen LogP contribution in [0.4, 0.5) is 0 Å². The first-order valence-corrected chi connectivity index (χ1v) is 3.76. The smallest absolute Gasteiger partial charge is 0.201 e. The Morgan fingerprint density at radius 3 is 3.10 bits per heavy atom. The zero-order valence-corrected chi connectivity index (χ0v) is 6.54. The van der Waals surface area contributed by atoms with Crippen molar-refractivity contribution in [1.82, 2.24) is 0 Å². The predicted molar refractivity (Wildman–Crippen MR) is 39.4 cm³/mol. The zero-order valence-electron chi connectivity index (χ0n) is 6.54. The second-order valence-corrected chi connectivity index (χ2v) is 2.54. The highest BCUT2D eigenvalue weighted by Crippen LogP contribution is 2.18. The average molecular weight is 142 g/mol. The highest BCUT2D eigenvalue weighted by atomic mass is 16.7. The number of allylic oxidation sites excluding steroid dienone is 1. The van der Waals surface area contributed by atoms with E-state index in [4.69, 9.17) is 9.47 Å². The molecular weight excluding hydrogens is 128 g/mol. The van der Waals surface area contributed by atoms with Gasteiger partial charge in [-0.25, -0.2) is 0 Å². The first kappa shape index (κ1) is 7.61. The highest BCUT2D eigenvalue weighted by molar-refractivity contribution is 4.83. The van der Waals surface area contributed by atoms with Crippen LogP contribution >= 0.6 is 0 Å². The van der Waals surface area contributed by atoms with Crippen LogP contribution in [0.5, 0.6) is 0 Å². The Labute approximate surface area is 61.8 Å². The fourth-order valence-corrected chi connectivity index (χ4v) is 1.02. The summed E-state index contributed by atoms with van der Waals surface area (Å²) < 4.78 is 10.5. The van der Waals surface area contributed by atoms with E-state index < -0.39 is 0 Å². The van der Waals surface area contributed by atoms with Gasteiger partial charge in [0.2, 0.25) is 6.29 Å². The molecule has 0 aliphatic carbocycles. The quantitative estimate of drug-likeness (QED) is 0.586. The Kier molecular flexibility index (Phi) is 2.75. The van der Waals surface area contributed by atoms with Crippen molar-refractivity contribution in [2.75, 3.05) is 6.61 Å². The van der Waals surface area contributed by atoms with Gasteiger partial charge in [-0.15, -0.1) is 0 Å². The van der Waals surface area contributed by atoms with Gasteiger partial charge in [0, 0.05) is 12.5 Å². The van der Waals surface area contributed by atoms with Gasteiger partial charge in [0.1, 0.15) is 0 Å². The van der Waals surface area contributed by atoms with E-state index in [2.05, 4.69) is 6.92 Å². The molecule has 2 nitrogen and oxygen atoms in total. The molecule has 0 saturated heterocycles. The number of rotatable bonds is 2. The van der Waals surface area contributed by atoms with Gasteiger partial charge in [0.25, 0.3) is 0 Å². The van der Waals surface area contributed by atoms with Crippen molar-refractivity contribution in [3.63, 3.8) is 0 Å². The largest absolute Gasteiger partial charge is 0.473 e.